The fourth-order valence-electron chi connectivity index (χ4n) is 6.26. The van der Waals surface area contributed by atoms with E-state index >= 15 is 0 Å². The van der Waals surface area contributed by atoms with Crippen LogP contribution in [-0.4, -0.2) is 85.9 Å². The number of hydrogen-bond donors (Lipinski definition) is 4. The van der Waals surface area contributed by atoms with Crippen molar-refractivity contribution in [2.75, 3.05) is 20.8 Å². The van der Waals surface area contributed by atoms with E-state index in [1.807, 2.05) is 78.9 Å². The summed E-state index contributed by atoms with van der Waals surface area (Å²) in [4.78, 5) is 31.4. The van der Waals surface area contributed by atoms with Crippen LogP contribution in [0.2, 0.25) is 0 Å². The molecule has 0 bridgehead atoms. The highest BCUT2D eigenvalue weighted by Gasteiger charge is 2.49. The molecule has 12 nitrogen and oxygen atoms in total. The summed E-state index contributed by atoms with van der Waals surface area (Å²) in [6.45, 7) is 3.60. The Labute approximate surface area is 274 Å². The largest absolute Gasteiger partial charge is 0.497 e. The van der Waals surface area contributed by atoms with Gasteiger partial charge >= 0.3 is 0 Å². The Morgan fingerprint density at radius 3 is 2.17 bits per heavy atom. The maximum absolute atomic E-state index is 12.9. The lowest BCUT2D eigenvalue weighted by atomic mass is 9.80. The molecule has 3 aromatic rings. The Kier molecular flexibility index (Phi) is 9.46. The molecule has 248 valence electrons. The van der Waals surface area contributed by atoms with Crippen molar-refractivity contribution in [1.82, 2.24) is 20.9 Å². The molecule has 3 aromatic carbocycles. The van der Waals surface area contributed by atoms with Crippen molar-refractivity contribution in [2.45, 2.75) is 62.8 Å². The molecule has 6 atom stereocenters. The molecular weight excluding hydrogens is 602 g/mol. The molecule has 2 amide bonds. The Balaban J connectivity index is 1.26. The predicted molar refractivity (Wildman–Crippen MR) is 174 cm³/mol. The van der Waals surface area contributed by atoms with Gasteiger partial charge in [0.25, 0.3) is 5.91 Å². The lowest BCUT2D eigenvalue weighted by molar-refractivity contribution is -0.133. The maximum Gasteiger partial charge on any atom is 0.251 e. The maximum atomic E-state index is 12.9. The van der Waals surface area contributed by atoms with E-state index in [4.69, 9.17) is 18.9 Å². The van der Waals surface area contributed by atoms with Gasteiger partial charge in [-0.25, -0.2) is 0 Å². The Bertz CT molecular complexity index is 1520. The number of nitrogens with zero attached hydrogens (tertiary/aromatic N) is 2. The molecule has 3 aliphatic heterocycles. The summed E-state index contributed by atoms with van der Waals surface area (Å²) in [5.41, 5.74) is 1.53. The predicted octanol–water partition coefficient (Wildman–Crippen LogP) is 2.30. The van der Waals surface area contributed by atoms with Crippen LogP contribution in [0.1, 0.15) is 37.0 Å². The molecule has 0 saturated carbocycles. The molecule has 47 heavy (non-hydrogen) atoms. The molecule has 3 heterocycles. The standard InChI is InChI=1S/C35H41N5O7/c1-21(2)32(42)38-34-37-31-30(33(43)39-34)36-20-40(31)29-18-27(41)28(47-29)19-46-35(22-8-6-5-7-9-22,23-10-14-25(44-3)15-11-23)24-12-16-26(45-4)17-13-24/h5-17,20-21,27-31,34,37,41H,18-19H2,1-4H3,(H,38,42)(H,39,43)/t27-,28+,29+,30?,31?,34?/m0/s1. The molecule has 12 heteroatoms. The first-order valence-corrected chi connectivity index (χ1v) is 15.7. The number of carbonyl (C=O) groups is 2. The monoisotopic (exact) mass is 643 g/mol. The fourth-order valence-corrected chi connectivity index (χ4v) is 6.26. The second-order valence-electron chi connectivity index (χ2n) is 12.1. The SMILES string of the molecule is COc1ccc(C(OC[C@H]2O[C@@H](N3C=NC4C(=O)NC(NC(=O)C(C)C)NC43)C[C@@H]2O)(c2ccccc2)c2ccc(OC)cc2)cc1. The second kappa shape index (κ2) is 13.7. The molecule has 6 rings (SSSR count). The average molecular weight is 644 g/mol. The van der Waals surface area contributed by atoms with Crippen molar-refractivity contribution in [3.8, 4) is 11.5 Å². The quantitative estimate of drug-likeness (QED) is 0.232. The van der Waals surface area contributed by atoms with Crippen molar-refractivity contribution >= 4 is 18.2 Å². The van der Waals surface area contributed by atoms with Crippen molar-refractivity contribution < 1.29 is 33.6 Å². The number of benzene rings is 3. The van der Waals surface area contributed by atoms with E-state index in [0.717, 1.165) is 16.7 Å². The van der Waals surface area contributed by atoms with Gasteiger partial charge in [-0.05, 0) is 41.0 Å². The lowest BCUT2D eigenvalue weighted by Gasteiger charge is -2.39. The van der Waals surface area contributed by atoms with Crippen molar-refractivity contribution in [3.05, 3.63) is 95.6 Å². The highest BCUT2D eigenvalue weighted by molar-refractivity contribution is 5.88. The molecule has 2 saturated heterocycles. The molecular formula is C35H41N5O7. The van der Waals surface area contributed by atoms with Gasteiger partial charge in [0.1, 0.15) is 35.6 Å². The Morgan fingerprint density at radius 1 is 1.00 bits per heavy atom. The van der Waals surface area contributed by atoms with Gasteiger partial charge in [0.2, 0.25) is 5.91 Å². The van der Waals surface area contributed by atoms with Gasteiger partial charge in [-0.1, -0.05) is 68.4 Å². The number of methoxy groups -OCH3 is 2. The third-order valence-electron chi connectivity index (χ3n) is 8.86. The first-order valence-electron chi connectivity index (χ1n) is 15.7. The number of carbonyl (C=O) groups excluding carboxylic acids is 2. The normalized spacial score (nSPS) is 25.4. The summed E-state index contributed by atoms with van der Waals surface area (Å²) < 4.78 is 24.3. The number of aliphatic imine (C=N–C) groups is 1. The zero-order valence-corrected chi connectivity index (χ0v) is 26.8. The van der Waals surface area contributed by atoms with E-state index in [0.29, 0.717) is 11.5 Å². The molecule has 3 aliphatic rings. The van der Waals surface area contributed by atoms with E-state index in [1.165, 1.54) is 0 Å². The van der Waals surface area contributed by atoms with Crippen LogP contribution in [0.15, 0.2) is 83.9 Å². The summed E-state index contributed by atoms with van der Waals surface area (Å²) in [5.74, 6) is 0.655. The van der Waals surface area contributed by atoms with Crippen molar-refractivity contribution in [3.63, 3.8) is 0 Å². The number of nitrogens with one attached hydrogen (secondary N) is 3. The summed E-state index contributed by atoms with van der Waals surface area (Å²) in [6.07, 6.45) is -1.65. The average Bonchev–Trinajstić information content (AvgIpc) is 3.69. The van der Waals surface area contributed by atoms with Crippen LogP contribution in [-0.2, 0) is 24.7 Å². The second-order valence-corrected chi connectivity index (χ2v) is 12.1. The van der Waals surface area contributed by atoms with Gasteiger partial charge in [-0.15, -0.1) is 0 Å². The Hall–Kier alpha value is -4.49. The van der Waals surface area contributed by atoms with Gasteiger partial charge in [-0.2, -0.15) is 0 Å². The van der Waals surface area contributed by atoms with Gasteiger partial charge in [-0.3, -0.25) is 19.9 Å². The highest BCUT2D eigenvalue weighted by atomic mass is 16.6. The van der Waals surface area contributed by atoms with E-state index in [-0.39, 0.29) is 30.8 Å². The van der Waals surface area contributed by atoms with Crippen LogP contribution < -0.4 is 25.4 Å². The number of amides is 2. The van der Waals surface area contributed by atoms with Crippen LogP contribution in [0, 0.1) is 5.92 Å². The van der Waals surface area contributed by atoms with E-state index < -0.39 is 42.5 Å². The summed E-state index contributed by atoms with van der Waals surface area (Å²) >= 11 is 0. The van der Waals surface area contributed by atoms with Gasteiger partial charge in [0.05, 0.1) is 33.3 Å². The number of rotatable bonds is 11. The summed E-state index contributed by atoms with van der Waals surface area (Å²) in [7, 11) is 3.25. The lowest BCUT2D eigenvalue weighted by Crippen LogP contribution is -2.71. The first-order chi connectivity index (χ1) is 22.7. The zero-order valence-electron chi connectivity index (χ0n) is 26.8. The molecule has 2 fully saturated rings. The number of aliphatic hydroxyl groups is 1. The smallest absolute Gasteiger partial charge is 0.251 e. The molecule has 0 aliphatic carbocycles. The summed E-state index contributed by atoms with van der Waals surface area (Å²) in [5, 5.41) is 20.1. The number of fused-ring (bicyclic) bond motifs is 1. The van der Waals surface area contributed by atoms with Crippen LogP contribution >= 0.6 is 0 Å². The topological polar surface area (TPSA) is 143 Å². The van der Waals surface area contributed by atoms with Crippen molar-refractivity contribution in [2.24, 2.45) is 10.9 Å². The third kappa shape index (κ3) is 6.41. The number of aliphatic hydroxyl groups excluding tert-OH is 1. The fraction of sp³-hybridized carbons (Fsp3) is 0.400. The highest BCUT2D eigenvalue weighted by Crippen LogP contribution is 2.42. The minimum Gasteiger partial charge on any atom is -0.497 e. The molecule has 0 aromatic heterocycles. The Morgan fingerprint density at radius 2 is 1.60 bits per heavy atom. The minimum absolute atomic E-state index is 0.0463. The van der Waals surface area contributed by atoms with Crippen LogP contribution in [0.3, 0.4) is 0 Å². The van der Waals surface area contributed by atoms with Crippen LogP contribution in [0.4, 0.5) is 0 Å². The van der Waals surface area contributed by atoms with E-state index in [9.17, 15) is 14.7 Å². The zero-order chi connectivity index (χ0) is 33.1. The molecule has 0 radical (unpaired) electrons. The van der Waals surface area contributed by atoms with E-state index in [1.54, 1.807) is 39.3 Å². The molecule has 4 N–H and O–H groups in total. The summed E-state index contributed by atoms with van der Waals surface area (Å²) in [6, 6.07) is 24.6. The van der Waals surface area contributed by atoms with E-state index in [2.05, 4.69) is 20.9 Å². The van der Waals surface area contributed by atoms with Gasteiger partial charge < -0.3 is 39.6 Å². The molecule has 0 spiro atoms. The van der Waals surface area contributed by atoms with Crippen LogP contribution in [0.25, 0.3) is 0 Å². The van der Waals surface area contributed by atoms with Crippen LogP contribution in [0.5, 0.6) is 11.5 Å². The third-order valence-corrected chi connectivity index (χ3v) is 8.86. The number of hydrogen-bond acceptors (Lipinski definition) is 10. The van der Waals surface area contributed by atoms with Gasteiger partial charge in [0, 0.05) is 12.3 Å². The first kappa shape index (κ1) is 32.5. The van der Waals surface area contributed by atoms with Crippen molar-refractivity contribution in [1.29, 1.82) is 0 Å². The molecule has 3 unspecified atom stereocenters. The number of ether oxygens (including phenoxy) is 4. The van der Waals surface area contributed by atoms with Gasteiger partial charge in [0.15, 0.2) is 12.3 Å². The minimum atomic E-state index is -1.08.